The molecule has 0 amide bonds. The number of fused-ring (bicyclic) bond motifs is 1. The number of aromatic amines is 1. The third-order valence-corrected chi connectivity index (χ3v) is 6.69. The zero-order chi connectivity index (χ0) is 21.1. The Hall–Kier alpha value is -2.59. The molecular formula is C26H32N2O2. The van der Waals surface area contributed by atoms with E-state index >= 15 is 0 Å². The molecule has 1 heterocycles. The van der Waals surface area contributed by atoms with E-state index in [2.05, 4.69) is 79.5 Å². The van der Waals surface area contributed by atoms with Crippen molar-refractivity contribution in [3.63, 3.8) is 0 Å². The summed E-state index contributed by atoms with van der Waals surface area (Å²) in [6, 6.07) is 17.6. The fourth-order valence-electron chi connectivity index (χ4n) is 5.04. The molecule has 2 aromatic carbocycles. The number of hydrogen-bond donors (Lipinski definition) is 1. The lowest BCUT2D eigenvalue weighted by molar-refractivity contribution is 0.209. The van der Waals surface area contributed by atoms with Gasteiger partial charge >= 0.3 is 0 Å². The van der Waals surface area contributed by atoms with Gasteiger partial charge in [-0.1, -0.05) is 48.5 Å². The van der Waals surface area contributed by atoms with Gasteiger partial charge in [-0.2, -0.15) is 5.16 Å². The Bertz CT molecular complexity index is 1000. The molecule has 4 heteroatoms. The maximum atomic E-state index is 12.2. The molecule has 1 unspecified atom stereocenters. The fraction of sp³-hybridized carbons (Fsp3) is 0.423. The van der Waals surface area contributed by atoms with E-state index in [4.69, 9.17) is 4.52 Å². The number of nitrogens with one attached hydrogen (secondary N) is 1. The minimum absolute atomic E-state index is 0.0563. The molecule has 158 valence electrons. The van der Waals surface area contributed by atoms with Crippen molar-refractivity contribution in [3.8, 4) is 0 Å². The summed E-state index contributed by atoms with van der Waals surface area (Å²) in [7, 11) is 2.14. The van der Waals surface area contributed by atoms with Crippen LogP contribution in [0.2, 0.25) is 0 Å². The second kappa shape index (κ2) is 9.05. The molecule has 0 fully saturated rings. The van der Waals surface area contributed by atoms with E-state index in [1.54, 1.807) is 0 Å². The Morgan fingerprint density at radius 2 is 1.70 bits per heavy atom. The highest BCUT2D eigenvalue weighted by Crippen LogP contribution is 2.35. The first-order valence-electron chi connectivity index (χ1n) is 11.1. The molecule has 0 bridgehead atoms. The normalized spacial score (nSPS) is 16.2. The summed E-state index contributed by atoms with van der Waals surface area (Å²) in [6.07, 6.45) is 5.11. The molecule has 1 aliphatic rings. The quantitative estimate of drug-likeness (QED) is 0.565. The summed E-state index contributed by atoms with van der Waals surface area (Å²) >= 11 is 0. The maximum Gasteiger partial charge on any atom is 0.284 e. The lowest BCUT2D eigenvalue weighted by Gasteiger charge is -2.30. The highest BCUT2D eigenvalue weighted by Gasteiger charge is 2.29. The number of benzene rings is 2. The zero-order valence-corrected chi connectivity index (χ0v) is 18.3. The van der Waals surface area contributed by atoms with Crippen LogP contribution in [0.5, 0.6) is 0 Å². The number of rotatable bonds is 7. The van der Waals surface area contributed by atoms with E-state index in [1.165, 1.54) is 22.3 Å². The summed E-state index contributed by atoms with van der Waals surface area (Å²) < 4.78 is 5.39. The van der Waals surface area contributed by atoms with Gasteiger partial charge in [0.2, 0.25) is 0 Å². The standard InChI is InChI=1S/C26H32N2O2/c1-18-10-4-6-12-20(18)22(21-13-7-5-11-19(21)2)14-9-17-28(3)23-15-8-16-24-25(23)26(29)27-30-24/h4-7,10-13,22-23H,8-9,14-17H2,1-3H3,(H,27,29). The third-order valence-electron chi connectivity index (χ3n) is 6.69. The van der Waals surface area contributed by atoms with E-state index in [-0.39, 0.29) is 11.6 Å². The fourth-order valence-corrected chi connectivity index (χ4v) is 5.04. The summed E-state index contributed by atoms with van der Waals surface area (Å²) in [5.74, 6) is 1.24. The molecule has 1 aliphatic carbocycles. The molecule has 0 saturated heterocycles. The number of nitrogens with zero attached hydrogens (tertiary/aromatic N) is 1. The summed E-state index contributed by atoms with van der Waals surface area (Å²) in [4.78, 5) is 14.6. The number of hydrogen-bond acceptors (Lipinski definition) is 3. The van der Waals surface area contributed by atoms with Crippen molar-refractivity contribution in [2.45, 2.75) is 57.9 Å². The lowest BCUT2D eigenvalue weighted by atomic mass is 9.83. The third kappa shape index (κ3) is 4.15. The van der Waals surface area contributed by atoms with Crippen molar-refractivity contribution in [3.05, 3.63) is 92.5 Å². The van der Waals surface area contributed by atoms with Gasteiger partial charge in [0.05, 0.1) is 5.56 Å². The molecule has 0 spiro atoms. The number of H-pyrrole nitrogens is 1. The molecule has 4 rings (SSSR count). The van der Waals surface area contributed by atoms with Crippen LogP contribution in [0.4, 0.5) is 0 Å². The van der Waals surface area contributed by atoms with Crippen molar-refractivity contribution in [1.29, 1.82) is 0 Å². The van der Waals surface area contributed by atoms with Gasteiger partial charge in [0.15, 0.2) is 0 Å². The second-order valence-corrected chi connectivity index (χ2v) is 8.67. The van der Waals surface area contributed by atoms with Gasteiger partial charge in [0, 0.05) is 18.4 Å². The predicted molar refractivity (Wildman–Crippen MR) is 121 cm³/mol. The molecule has 0 radical (unpaired) electrons. The molecule has 1 atom stereocenters. The van der Waals surface area contributed by atoms with Crippen LogP contribution in [-0.4, -0.2) is 23.6 Å². The number of aryl methyl sites for hydroxylation is 3. The maximum absolute atomic E-state index is 12.2. The van der Waals surface area contributed by atoms with Crippen LogP contribution >= 0.6 is 0 Å². The topological polar surface area (TPSA) is 49.2 Å². The highest BCUT2D eigenvalue weighted by molar-refractivity contribution is 5.40. The Balaban J connectivity index is 1.50. The van der Waals surface area contributed by atoms with Gasteiger partial charge < -0.3 is 4.52 Å². The van der Waals surface area contributed by atoms with Crippen molar-refractivity contribution >= 4 is 0 Å². The lowest BCUT2D eigenvalue weighted by Crippen LogP contribution is -2.31. The zero-order valence-electron chi connectivity index (χ0n) is 18.3. The largest absolute Gasteiger partial charge is 0.383 e. The molecule has 0 aliphatic heterocycles. The average Bonchev–Trinajstić information content (AvgIpc) is 3.14. The SMILES string of the molecule is Cc1ccccc1C(CCCN(C)C1CCCc2o[nH]c(=O)c21)c1ccccc1C. The highest BCUT2D eigenvalue weighted by atomic mass is 16.5. The molecular weight excluding hydrogens is 372 g/mol. The van der Waals surface area contributed by atoms with E-state index in [0.29, 0.717) is 5.92 Å². The van der Waals surface area contributed by atoms with Crippen LogP contribution in [-0.2, 0) is 6.42 Å². The Labute approximate surface area is 178 Å². The van der Waals surface area contributed by atoms with Gasteiger partial charge in [-0.3, -0.25) is 9.69 Å². The molecule has 30 heavy (non-hydrogen) atoms. The predicted octanol–water partition coefficient (Wildman–Crippen LogP) is 5.51. The first-order valence-corrected chi connectivity index (χ1v) is 11.1. The summed E-state index contributed by atoms with van der Waals surface area (Å²) in [6.45, 7) is 5.38. The molecule has 3 aromatic rings. The summed E-state index contributed by atoms with van der Waals surface area (Å²) in [5.41, 5.74) is 6.32. The van der Waals surface area contributed by atoms with Gasteiger partial charge in [-0.05, 0) is 75.4 Å². The smallest absolute Gasteiger partial charge is 0.284 e. The first-order chi connectivity index (χ1) is 14.6. The Kier molecular flexibility index (Phi) is 6.24. The van der Waals surface area contributed by atoms with Gasteiger partial charge in [-0.15, -0.1) is 0 Å². The molecule has 1 N–H and O–H groups in total. The summed E-state index contributed by atoms with van der Waals surface area (Å²) in [5, 5.41) is 2.54. The van der Waals surface area contributed by atoms with Crippen molar-refractivity contribution < 1.29 is 4.52 Å². The van der Waals surface area contributed by atoms with E-state index < -0.39 is 0 Å². The van der Waals surface area contributed by atoms with Crippen LogP contribution < -0.4 is 5.56 Å². The van der Waals surface area contributed by atoms with E-state index in [0.717, 1.165) is 50.0 Å². The minimum atomic E-state index is -0.0563. The van der Waals surface area contributed by atoms with Crippen LogP contribution in [0.25, 0.3) is 0 Å². The molecule has 4 nitrogen and oxygen atoms in total. The van der Waals surface area contributed by atoms with Gasteiger partial charge in [0.25, 0.3) is 5.56 Å². The van der Waals surface area contributed by atoms with Gasteiger partial charge in [0.1, 0.15) is 5.76 Å². The van der Waals surface area contributed by atoms with Crippen molar-refractivity contribution in [1.82, 2.24) is 10.1 Å². The van der Waals surface area contributed by atoms with E-state index in [1.807, 2.05) is 0 Å². The Morgan fingerprint density at radius 1 is 1.07 bits per heavy atom. The van der Waals surface area contributed by atoms with Crippen LogP contribution in [0.15, 0.2) is 57.8 Å². The minimum Gasteiger partial charge on any atom is -0.383 e. The van der Waals surface area contributed by atoms with Crippen LogP contribution in [0, 0.1) is 13.8 Å². The van der Waals surface area contributed by atoms with E-state index in [9.17, 15) is 4.79 Å². The molecule has 0 saturated carbocycles. The van der Waals surface area contributed by atoms with Crippen molar-refractivity contribution in [2.24, 2.45) is 0 Å². The van der Waals surface area contributed by atoms with Gasteiger partial charge in [-0.25, -0.2) is 0 Å². The van der Waals surface area contributed by atoms with Crippen molar-refractivity contribution in [2.75, 3.05) is 13.6 Å². The molecule has 1 aromatic heterocycles. The van der Waals surface area contributed by atoms with Crippen LogP contribution in [0.3, 0.4) is 0 Å². The average molecular weight is 405 g/mol. The van der Waals surface area contributed by atoms with Crippen LogP contribution in [0.1, 0.15) is 71.2 Å². The second-order valence-electron chi connectivity index (χ2n) is 8.67. The number of aromatic nitrogens is 1. The first kappa shape index (κ1) is 20.7. The Morgan fingerprint density at radius 3 is 2.33 bits per heavy atom. The monoisotopic (exact) mass is 404 g/mol.